The Kier molecular flexibility index (Phi) is 4.69. The molecule has 0 bridgehead atoms. The van der Waals surface area contributed by atoms with E-state index in [1.807, 2.05) is 0 Å². The van der Waals surface area contributed by atoms with Crippen LogP contribution in [0.4, 0.5) is 24.7 Å². The molecule has 2 N–H and O–H groups in total. The first-order valence-corrected chi connectivity index (χ1v) is 7.12. The Hall–Kier alpha value is -1.80. The lowest BCUT2D eigenvalue weighted by molar-refractivity contribution is -0.136. The fourth-order valence-corrected chi connectivity index (χ4v) is 2.02. The van der Waals surface area contributed by atoms with E-state index in [4.69, 9.17) is 0 Å². The van der Waals surface area contributed by atoms with Crippen LogP contribution < -0.4 is 5.32 Å². The number of nitrogens with one attached hydrogen (secondary N) is 1. The number of thioether (sulfide) groups is 1. The van der Waals surface area contributed by atoms with Gasteiger partial charge in [0.25, 0.3) is 0 Å². The molecule has 0 unspecified atom stereocenters. The molecule has 2 aromatic rings. The van der Waals surface area contributed by atoms with Gasteiger partial charge in [0.05, 0.1) is 17.9 Å². The van der Waals surface area contributed by atoms with Crippen molar-refractivity contribution in [1.82, 2.24) is 9.97 Å². The Labute approximate surface area is 123 Å². The number of benzene rings is 1. The van der Waals surface area contributed by atoms with E-state index in [1.165, 1.54) is 36.2 Å². The Morgan fingerprint density at radius 1 is 1.29 bits per heavy atom. The average molecular weight is 315 g/mol. The quantitative estimate of drug-likeness (QED) is 0.668. The van der Waals surface area contributed by atoms with Crippen LogP contribution in [-0.2, 0) is 12.8 Å². The number of para-hydroxylation sites is 1. The van der Waals surface area contributed by atoms with Crippen LogP contribution in [-0.4, -0.2) is 21.3 Å². The van der Waals surface area contributed by atoms with Crippen LogP contribution >= 0.6 is 11.8 Å². The number of aliphatic hydroxyl groups is 1. The fraction of sp³-hybridized carbons (Fsp3) is 0.231. The van der Waals surface area contributed by atoms with Crippen molar-refractivity contribution in [1.29, 1.82) is 0 Å². The van der Waals surface area contributed by atoms with Crippen molar-refractivity contribution < 1.29 is 18.3 Å². The number of halogens is 3. The number of hydrogen-bond donors (Lipinski definition) is 2. The Balaban J connectivity index is 2.43. The summed E-state index contributed by atoms with van der Waals surface area (Å²) in [6.45, 7) is -0.370. The predicted molar refractivity (Wildman–Crippen MR) is 74.5 cm³/mol. The fourth-order valence-electron chi connectivity index (χ4n) is 1.68. The standard InChI is InChI=1S/C13H12F3N3OS/c1-21-12-17-6-8(7-20)11(19-12)18-10-5-3-2-4-9(10)13(14,15)16/h2-6,20H,7H2,1H3,(H,17,18,19). The number of rotatable bonds is 4. The van der Waals surface area contributed by atoms with Gasteiger partial charge in [0, 0.05) is 11.8 Å². The SMILES string of the molecule is CSc1ncc(CO)c(Nc2ccccc2C(F)(F)F)n1. The maximum Gasteiger partial charge on any atom is 0.418 e. The molecular formula is C13H12F3N3OS. The lowest BCUT2D eigenvalue weighted by Gasteiger charge is -2.15. The van der Waals surface area contributed by atoms with Gasteiger partial charge in [-0.15, -0.1) is 0 Å². The molecule has 112 valence electrons. The van der Waals surface area contributed by atoms with Gasteiger partial charge in [-0.3, -0.25) is 0 Å². The van der Waals surface area contributed by atoms with Crippen LogP contribution in [0.1, 0.15) is 11.1 Å². The van der Waals surface area contributed by atoms with Crippen molar-refractivity contribution in [2.45, 2.75) is 17.9 Å². The van der Waals surface area contributed by atoms with Crippen LogP contribution in [0.15, 0.2) is 35.6 Å². The van der Waals surface area contributed by atoms with Gasteiger partial charge in [0.15, 0.2) is 5.16 Å². The summed E-state index contributed by atoms with van der Waals surface area (Å²) >= 11 is 1.26. The number of aromatic nitrogens is 2. The molecule has 0 spiro atoms. The van der Waals surface area contributed by atoms with Crippen molar-refractivity contribution in [3.63, 3.8) is 0 Å². The van der Waals surface area contributed by atoms with E-state index in [9.17, 15) is 18.3 Å². The van der Waals surface area contributed by atoms with Gasteiger partial charge >= 0.3 is 6.18 Å². The van der Waals surface area contributed by atoms with E-state index in [-0.39, 0.29) is 18.1 Å². The second-order valence-corrected chi connectivity index (χ2v) is 4.83. The van der Waals surface area contributed by atoms with E-state index < -0.39 is 11.7 Å². The minimum absolute atomic E-state index is 0.120. The zero-order chi connectivity index (χ0) is 15.5. The van der Waals surface area contributed by atoms with Crippen LogP contribution in [0.3, 0.4) is 0 Å². The van der Waals surface area contributed by atoms with Crippen molar-refractivity contribution in [3.05, 3.63) is 41.6 Å². The predicted octanol–water partition coefficient (Wildman–Crippen LogP) is 3.45. The summed E-state index contributed by atoms with van der Waals surface area (Å²) in [5.41, 5.74) is -0.589. The highest BCUT2D eigenvalue weighted by atomic mass is 32.2. The monoisotopic (exact) mass is 315 g/mol. The molecule has 0 fully saturated rings. The first-order chi connectivity index (χ1) is 9.95. The molecule has 8 heteroatoms. The van der Waals surface area contributed by atoms with Gasteiger partial charge in [-0.25, -0.2) is 9.97 Å². The van der Waals surface area contributed by atoms with Gasteiger partial charge in [-0.1, -0.05) is 23.9 Å². The third-order valence-corrected chi connectivity index (χ3v) is 3.24. The van der Waals surface area contributed by atoms with Gasteiger partial charge < -0.3 is 10.4 Å². The maximum atomic E-state index is 13.0. The van der Waals surface area contributed by atoms with Crippen molar-refractivity contribution in [2.24, 2.45) is 0 Å². The van der Waals surface area contributed by atoms with Crippen LogP contribution in [0.2, 0.25) is 0 Å². The molecule has 4 nitrogen and oxygen atoms in total. The summed E-state index contributed by atoms with van der Waals surface area (Å²) in [5, 5.41) is 12.3. The van der Waals surface area contributed by atoms with E-state index in [0.717, 1.165) is 6.07 Å². The molecule has 0 aliphatic heterocycles. The largest absolute Gasteiger partial charge is 0.418 e. The molecule has 2 rings (SSSR count). The summed E-state index contributed by atoms with van der Waals surface area (Å²) in [5.74, 6) is 0.161. The van der Waals surface area contributed by atoms with E-state index in [1.54, 1.807) is 6.26 Å². The van der Waals surface area contributed by atoms with Crippen LogP contribution in [0.25, 0.3) is 0 Å². The zero-order valence-electron chi connectivity index (χ0n) is 11.0. The smallest absolute Gasteiger partial charge is 0.391 e. The first-order valence-electron chi connectivity index (χ1n) is 5.89. The molecule has 0 saturated carbocycles. The van der Waals surface area contributed by atoms with Crippen LogP contribution in [0, 0.1) is 0 Å². The summed E-state index contributed by atoms with van der Waals surface area (Å²) < 4.78 is 38.9. The molecule has 1 aromatic carbocycles. The molecule has 0 atom stereocenters. The summed E-state index contributed by atoms with van der Waals surface area (Å²) in [4.78, 5) is 8.06. The summed E-state index contributed by atoms with van der Waals surface area (Å²) in [6, 6.07) is 5.10. The molecule has 0 aliphatic carbocycles. The average Bonchev–Trinajstić information content (AvgIpc) is 2.46. The highest BCUT2D eigenvalue weighted by Gasteiger charge is 2.33. The van der Waals surface area contributed by atoms with Gasteiger partial charge in [0.1, 0.15) is 5.82 Å². The minimum atomic E-state index is -4.47. The lowest BCUT2D eigenvalue weighted by Crippen LogP contribution is -2.10. The molecule has 0 saturated heterocycles. The van der Waals surface area contributed by atoms with E-state index in [0.29, 0.717) is 10.7 Å². The lowest BCUT2D eigenvalue weighted by atomic mass is 10.1. The van der Waals surface area contributed by atoms with E-state index in [2.05, 4.69) is 15.3 Å². The number of hydrogen-bond acceptors (Lipinski definition) is 5. The van der Waals surface area contributed by atoms with Crippen molar-refractivity contribution in [2.75, 3.05) is 11.6 Å². The molecule has 21 heavy (non-hydrogen) atoms. The second kappa shape index (κ2) is 6.31. The third kappa shape index (κ3) is 3.64. The van der Waals surface area contributed by atoms with Crippen molar-refractivity contribution in [3.8, 4) is 0 Å². The second-order valence-electron chi connectivity index (χ2n) is 4.06. The molecule has 1 aromatic heterocycles. The molecule has 0 radical (unpaired) electrons. The third-order valence-electron chi connectivity index (χ3n) is 2.68. The molecular weight excluding hydrogens is 303 g/mol. The maximum absolute atomic E-state index is 13.0. The number of aliphatic hydroxyl groups excluding tert-OH is 1. The van der Waals surface area contributed by atoms with Crippen LogP contribution in [0.5, 0.6) is 0 Å². The normalized spacial score (nSPS) is 11.5. The Bertz CT molecular complexity index is 634. The zero-order valence-corrected chi connectivity index (χ0v) is 11.8. The Morgan fingerprint density at radius 2 is 2.00 bits per heavy atom. The molecule has 0 amide bonds. The molecule has 1 heterocycles. The summed E-state index contributed by atoms with van der Waals surface area (Å²) in [6.07, 6.45) is -1.34. The van der Waals surface area contributed by atoms with Gasteiger partial charge in [0.2, 0.25) is 0 Å². The molecule has 0 aliphatic rings. The number of alkyl halides is 3. The first kappa shape index (κ1) is 15.6. The summed E-state index contributed by atoms with van der Waals surface area (Å²) in [7, 11) is 0. The van der Waals surface area contributed by atoms with Gasteiger partial charge in [-0.2, -0.15) is 13.2 Å². The minimum Gasteiger partial charge on any atom is -0.391 e. The van der Waals surface area contributed by atoms with Crippen molar-refractivity contribution >= 4 is 23.3 Å². The van der Waals surface area contributed by atoms with Gasteiger partial charge in [-0.05, 0) is 18.4 Å². The topological polar surface area (TPSA) is 58.0 Å². The van der Waals surface area contributed by atoms with E-state index >= 15 is 0 Å². The Morgan fingerprint density at radius 3 is 2.62 bits per heavy atom. The highest BCUT2D eigenvalue weighted by molar-refractivity contribution is 7.98. The number of anilines is 2. The number of nitrogens with zero attached hydrogens (tertiary/aromatic N) is 2. The highest BCUT2D eigenvalue weighted by Crippen LogP contribution is 2.36.